The number of hydrogen-bond donors (Lipinski definition) is 2. The average molecular weight is 431 g/mol. The second-order valence-electron chi connectivity index (χ2n) is 8.18. The van der Waals surface area contributed by atoms with Crippen LogP contribution in [0.4, 0.5) is 5.69 Å². The van der Waals surface area contributed by atoms with Crippen LogP contribution in [0.3, 0.4) is 0 Å². The highest BCUT2D eigenvalue weighted by Gasteiger charge is 2.28. The zero-order valence-electron chi connectivity index (χ0n) is 18.5. The SMILES string of the molecule is Cc1[nH]c(/C=C2\C(=O)Nc3ccc(S(=O)(=O)N(C)C)cc32)c(C)c1CCCN(C)C. The molecule has 7 nitrogen and oxygen atoms in total. The number of aryl methyl sites for hydroxylation is 1. The first-order valence-corrected chi connectivity index (χ1v) is 11.4. The molecule has 8 heteroatoms. The Morgan fingerprint density at radius 1 is 1.10 bits per heavy atom. The smallest absolute Gasteiger partial charge is 0.256 e. The third kappa shape index (κ3) is 4.21. The fourth-order valence-corrected chi connectivity index (χ4v) is 4.66. The predicted octanol–water partition coefficient (Wildman–Crippen LogP) is 2.87. The number of hydrogen-bond acceptors (Lipinski definition) is 4. The van der Waals surface area contributed by atoms with Crippen LogP contribution in [0.25, 0.3) is 11.6 Å². The molecular weight excluding hydrogens is 400 g/mol. The molecule has 2 N–H and O–H groups in total. The van der Waals surface area contributed by atoms with E-state index in [-0.39, 0.29) is 10.8 Å². The lowest BCUT2D eigenvalue weighted by Gasteiger charge is -2.12. The molecule has 0 atom stereocenters. The topological polar surface area (TPSA) is 85.5 Å². The molecule has 162 valence electrons. The first kappa shape index (κ1) is 22.3. The van der Waals surface area contributed by atoms with Gasteiger partial charge in [0, 0.05) is 36.7 Å². The van der Waals surface area contributed by atoms with Crippen molar-refractivity contribution in [3.63, 3.8) is 0 Å². The highest BCUT2D eigenvalue weighted by molar-refractivity contribution is 7.89. The third-order valence-corrected chi connectivity index (χ3v) is 7.32. The number of nitrogens with one attached hydrogen (secondary N) is 2. The van der Waals surface area contributed by atoms with Gasteiger partial charge in [0.2, 0.25) is 10.0 Å². The molecule has 0 spiro atoms. The number of H-pyrrole nitrogens is 1. The number of carbonyl (C=O) groups excluding carboxylic acids is 1. The summed E-state index contributed by atoms with van der Waals surface area (Å²) < 4.78 is 26.2. The summed E-state index contributed by atoms with van der Waals surface area (Å²) in [6, 6.07) is 4.73. The number of anilines is 1. The number of rotatable bonds is 7. The van der Waals surface area contributed by atoms with Crippen molar-refractivity contribution in [2.45, 2.75) is 31.6 Å². The Balaban J connectivity index is 1.99. The Labute approximate surface area is 178 Å². The molecule has 1 amide bonds. The molecular formula is C22H30N4O3S. The van der Waals surface area contributed by atoms with Crippen LogP contribution >= 0.6 is 0 Å². The summed E-state index contributed by atoms with van der Waals surface area (Å²) in [5, 5.41) is 2.83. The molecule has 0 unspecified atom stereocenters. The van der Waals surface area contributed by atoms with Gasteiger partial charge in [-0.25, -0.2) is 12.7 Å². The standard InChI is InChI=1S/C22H30N4O3S/c1-14-17(8-7-11-25(3)4)15(2)23-21(14)13-19-18-12-16(30(28,29)26(5)6)9-10-20(18)24-22(19)27/h9-10,12-13,23H,7-8,11H2,1-6H3,(H,24,27)/b19-13-. The van der Waals surface area contributed by atoms with Gasteiger partial charge in [-0.15, -0.1) is 0 Å². The minimum Gasteiger partial charge on any atom is -0.359 e. The summed E-state index contributed by atoms with van der Waals surface area (Å²) in [5.41, 5.74) is 6.06. The lowest BCUT2D eigenvalue weighted by Crippen LogP contribution is -2.22. The van der Waals surface area contributed by atoms with Crippen LogP contribution in [0, 0.1) is 13.8 Å². The lowest BCUT2D eigenvalue weighted by atomic mass is 10.0. The molecule has 0 saturated heterocycles. The summed E-state index contributed by atoms with van der Waals surface area (Å²) in [6.07, 6.45) is 3.84. The first-order valence-electron chi connectivity index (χ1n) is 9.95. The minimum atomic E-state index is -3.59. The summed E-state index contributed by atoms with van der Waals surface area (Å²) in [7, 11) is 3.52. The molecule has 0 radical (unpaired) electrons. The number of amides is 1. The van der Waals surface area contributed by atoms with Crippen molar-refractivity contribution in [3.8, 4) is 0 Å². The molecule has 1 aromatic carbocycles. The van der Waals surface area contributed by atoms with Crippen LogP contribution < -0.4 is 5.32 Å². The molecule has 30 heavy (non-hydrogen) atoms. The van der Waals surface area contributed by atoms with E-state index in [9.17, 15) is 13.2 Å². The number of aromatic nitrogens is 1. The number of sulfonamides is 1. The first-order chi connectivity index (χ1) is 14.0. The third-order valence-electron chi connectivity index (χ3n) is 5.50. The summed E-state index contributed by atoms with van der Waals surface area (Å²) in [4.78, 5) is 18.3. The van der Waals surface area contributed by atoms with E-state index in [1.54, 1.807) is 12.1 Å². The molecule has 1 aromatic heterocycles. The van der Waals surface area contributed by atoms with Gasteiger partial charge in [-0.05, 0) is 82.7 Å². The number of nitrogens with zero attached hydrogens (tertiary/aromatic N) is 2. The molecule has 0 fully saturated rings. The van der Waals surface area contributed by atoms with Gasteiger partial charge < -0.3 is 15.2 Å². The molecule has 0 saturated carbocycles. The van der Waals surface area contributed by atoms with Crippen LogP contribution in [0.1, 0.15) is 34.5 Å². The van der Waals surface area contributed by atoms with Crippen molar-refractivity contribution in [3.05, 3.63) is 46.3 Å². The predicted molar refractivity (Wildman–Crippen MR) is 121 cm³/mol. The fraction of sp³-hybridized carbons (Fsp3) is 0.409. The molecule has 2 aromatic rings. The average Bonchev–Trinajstić information content (AvgIpc) is 3.11. The normalized spacial score (nSPS) is 15.3. The Kier molecular flexibility index (Phi) is 6.21. The minimum absolute atomic E-state index is 0.164. The number of fused-ring (bicyclic) bond motifs is 1. The lowest BCUT2D eigenvalue weighted by molar-refractivity contribution is -0.110. The number of aromatic amines is 1. The Morgan fingerprint density at radius 2 is 1.80 bits per heavy atom. The fourth-order valence-electron chi connectivity index (χ4n) is 3.73. The van der Waals surface area contributed by atoms with Crippen molar-refractivity contribution >= 4 is 33.3 Å². The van der Waals surface area contributed by atoms with Gasteiger partial charge in [0.25, 0.3) is 5.91 Å². The van der Waals surface area contributed by atoms with Crippen molar-refractivity contribution in [1.29, 1.82) is 0 Å². The zero-order valence-corrected chi connectivity index (χ0v) is 19.3. The summed E-state index contributed by atoms with van der Waals surface area (Å²) in [6.45, 7) is 5.12. The quantitative estimate of drug-likeness (QED) is 0.662. The van der Waals surface area contributed by atoms with Crippen molar-refractivity contribution in [1.82, 2.24) is 14.2 Å². The van der Waals surface area contributed by atoms with E-state index >= 15 is 0 Å². The molecule has 3 rings (SSSR count). The van der Waals surface area contributed by atoms with Gasteiger partial charge in [0.05, 0.1) is 10.5 Å². The van der Waals surface area contributed by atoms with E-state index in [0.29, 0.717) is 16.8 Å². The van der Waals surface area contributed by atoms with Crippen LogP contribution in [-0.2, 0) is 21.2 Å². The largest absolute Gasteiger partial charge is 0.359 e. The van der Waals surface area contributed by atoms with E-state index in [4.69, 9.17) is 0 Å². The molecule has 1 aliphatic heterocycles. The van der Waals surface area contributed by atoms with Gasteiger partial charge in [0.1, 0.15) is 0 Å². The van der Waals surface area contributed by atoms with Crippen molar-refractivity contribution in [2.75, 3.05) is 40.1 Å². The number of benzene rings is 1. The molecule has 2 heterocycles. The molecule has 0 aliphatic carbocycles. The monoisotopic (exact) mass is 430 g/mol. The van der Waals surface area contributed by atoms with E-state index in [0.717, 1.165) is 36.3 Å². The van der Waals surface area contributed by atoms with Crippen LogP contribution in [-0.4, -0.2) is 63.2 Å². The van der Waals surface area contributed by atoms with Crippen molar-refractivity contribution in [2.24, 2.45) is 0 Å². The summed E-state index contributed by atoms with van der Waals surface area (Å²) in [5.74, 6) is -0.231. The van der Waals surface area contributed by atoms with Crippen LogP contribution in [0.5, 0.6) is 0 Å². The number of carbonyl (C=O) groups is 1. The Bertz CT molecular complexity index is 1110. The van der Waals surface area contributed by atoms with Gasteiger partial charge >= 0.3 is 0 Å². The van der Waals surface area contributed by atoms with E-state index < -0.39 is 10.0 Å². The highest BCUT2D eigenvalue weighted by Crippen LogP contribution is 2.36. The van der Waals surface area contributed by atoms with E-state index in [2.05, 4.69) is 36.2 Å². The summed E-state index contributed by atoms with van der Waals surface area (Å²) >= 11 is 0. The Morgan fingerprint density at radius 3 is 2.43 bits per heavy atom. The second-order valence-corrected chi connectivity index (χ2v) is 10.3. The van der Waals surface area contributed by atoms with E-state index in [1.165, 1.54) is 30.0 Å². The maximum Gasteiger partial charge on any atom is 0.256 e. The zero-order chi connectivity index (χ0) is 22.2. The molecule has 1 aliphatic rings. The molecule has 0 bridgehead atoms. The highest BCUT2D eigenvalue weighted by atomic mass is 32.2. The maximum atomic E-state index is 12.6. The van der Waals surface area contributed by atoms with Gasteiger partial charge in [-0.2, -0.15) is 0 Å². The van der Waals surface area contributed by atoms with Gasteiger partial charge in [0.15, 0.2) is 0 Å². The van der Waals surface area contributed by atoms with Gasteiger partial charge in [-0.1, -0.05) is 0 Å². The van der Waals surface area contributed by atoms with Gasteiger partial charge in [-0.3, -0.25) is 4.79 Å². The maximum absolute atomic E-state index is 12.6. The second kappa shape index (κ2) is 8.37. The Hall–Kier alpha value is -2.42. The van der Waals surface area contributed by atoms with E-state index in [1.807, 2.05) is 13.0 Å². The van der Waals surface area contributed by atoms with Crippen LogP contribution in [0.15, 0.2) is 23.1 Å². The van der Waals surface area contributed by atoms with Crippen molar-refractivity contribution < 1.29 is 13.2 Å². The van der Waals surface area contributed by atoms with Crippen LogP contribution in [0.2, 0.25) is 0 Å².